The molecule has 0 aliphatic rings. The number of Topliss-reactive ketones (excluding diaryl/α,β-unsaturated/α-hetero) is 3. The zero-order valence-electron chi connectivity index (χ0n) is 18.1. The fourth-order valence-electron chi connectivity index (χ4n) is 2.15. The van der Waals surface area contributed by atoms with Gasteiger partial charge in [0, 0.05) is 0 Å². The van der Waals surface area contributed by atoms with E-state index < -0.39 is 18.3 Å². The number of aromatic nitrogens is 3. The van der Waals surface area contributed by atoms with Crippen LogP contribution in [-0.2, 0) is 14.4 Å². The standard InChI is InChI=1S/C21H27N3O6/c1-10(2)16(25)13(7)28-19-22-20(29-14(8)17(26)11(3)4)24-21(23-19)30-15(9)18(27)12(5)6/h13-15H,1,3,5H2,2,4,6-9H3. The van der Waals surface area contributed by atoms with E-state index in [0.717, 1.165) is 0 Å². The molecule has 1 heterocycles. The van der Waals surface area contributed by atoms with Crippen LogP contribution in [0.4, 0.5) is 0 Å². The van der Waals surface area contributed by atoms with Crippen LogP contribution in [0.5, 0.6) is 18.0 Å². The topological polar surface area (TPSA) is 118 Å². The molecule has 1 aromatic rings. The predicted molar refractivity (Wildman–Crippen MR) is 110 cm³/mol. The molecule has 0 aliphatic heterocycles. The molecule has 0 N–H and O–H groups in total. The van der Waals surface area contributed by atoms with Crippen LogP contribution in [0.1, 0.15) is 41.5 Å². The summed E-state index contributed by atoms with van der Waals surface area (Å²) in [5.74, 6) is -1.05. The first-order chi connectivity index (χ1) is 13.8. The Kier molecular flexibility index (Phi) is 8.58. The fraction of sp³-hybridized carbons (Fsp3) is 0.429. The summed E-state index contributed by atoms with van der Waals surface area (Å²) in [7, 11) is 0. The maximum Gasteiger partial charge on any atom is 0.326 e. The van der Waals surface area contributed by atoms with Crippen molar-refractivity contribution in [2.24, 2.45) is 0 Å². The second kappa shape index (κ2) is 10.4. The normalized spacial score (nSPS) is 13.4. The van der Waals surface area contributed by atoms with Gasteiger partial charge in [-0.05, 0) is 58.3 Å². The summed E-state index contributed by atoms with van der Waals surface area (Å²) in [6.07, 6.45) is -2.81. The van der Waals surface area contributed by atoms with Crippen molar-refractivity contribution in [3.8, 4) is 18.0 Å². The van der Waals surface area contributed by atoms with Gasteiger partial charge in [0.2, 0.25) is 0 Å². The SMILES string of the molecule is C=C(C)C(=O)C(C)Oc1nc(OC(C)C(=O)C(=C)C)nc(OC(C)C(=O)C(=C)C)n1. The first-order valence-electron chi connectivity index (χ1n) is 9.18. The molecular formula is C21H27N3O6. The van der Waals surface area contributed by atoms with Crippen molar-refractivity contribution in [3.63, 3.8) is 0 Å². The predicted octanol–water partition coefficient (Wildman–Crippen LogP) is 2.61. The molecule has 0 amide bonds. The van der Waals surface area contributed by atoms with Gasteiger partial charge in [-0.15, -0.1) is 15.0 Å². The lowest BCUT2D eigenvalue weighted by molar-refractivity contribution is -0.121. The highest BCUT2D eigenvalue weighted by Gasteiger charge is 2.23. The van der Waals surface area contributed by atoms with E-state index in [-0.39, 0.29) is 35.4 Å². The van der Waals surface area contributed by atoms with E-state index in [2.05, 4.69) is 34.7 Å². The third-order valence-corrected chi connectivity index (χ3v) is 3.79. The van der Waals surface area contributed by atoms with Gasteiger partial charge in [-0.3, -0.25) is 14.4 Å². The minimum Gasteiger partial charge on any atom is -0.452 e. The number of nitrogens with zero attached hydrogens (tertiary/aromatic N) is 3. The van der Waals surface area contributed by atoms with E-state index in [0.29, 0.717) is 16.7 Å². The lowest BCUT2D eigenvalue weighted by Gasteiger charge is -2.17. The Hall–Kier alpha value is -3.36. The van der Waals surface area contributed by atoms with Crippen molar-refractivity contribution >= 4 is 17.3 Å². The zero-order valence-corrected chi connectivity index (χ0v) is 18.1. The Morgan fingerprint density at radius 2 is 0.800 bits per heavy atom. The van der Waals surface area contributed by atoms with Crippen molar-refractivity contribution < 1.29 is 28.6 Å². The molecule has 162 valence electrons. The van der Waals surface area contributed by atoms with Gasteiger partial charge in [-0.25, -0.2) is 0 Å². The van der Waals surface area contributed by atoms with Crippen LogP contribution < -0.4 is 14.2 Å². The summed E-state index contributed by atoms with van der Waals surface area (Å²) >= 11 is 0. The second-order valence-corrected chi connectivity index (χ2v) is 6.90. The minimum absolute atomic E-state index is 0.276. The second-order valence-electron chi connectivity index (χ2n) is 6.90. The van der Waals surface area contributed by atoms with Gasteiger partial charge in [-0.1, -0.05) is 19.7 Å². The lowest BCUT2D eigenvalue weighted by Crippen LogP contribution is -2.28. The summed E-state index contributed by atoms with van der Waals surface area (Å²) in [4.78, 5) is 48.0. The third kappa shape index (κ3) is 6.91. The van der Waals surface area contributed by atoms with Crippen LogP contribution >= 0.6 is 0 Å². The van der Waals surface area contributed by atoms with Crippen molar-refractivity contribution in [1.29, 1.82) is 0 Å². The van der Waals surface area contributed by atoms with Crippen LogP contribution in [0.25, 0.3) is 0 Å². The molecule has 0 spiro atoms. The van der Waals surface area contributed by atoms with E-state index in [9.17, 15) is 14.4 Å². The van der Waals surface area contributed by atoms with Gasteiger partial charge in [-0.2, -0.15) is 0 Å². The van der Waals surface area contributed by atoms with E-state index in [4.69, 9.17) is 14.2 Å². The molecule has 0 fully saturated rings. The molecule has 1 aromatic heterocycles. The number of ether oxygens (including phenoxy) is 3. The molecular weight excluding hydrogens is 390 g/mol. The average molecular weight is 417 g/mol. The summed E-state index contributed by atoms with van der Waals surface area (Å²) < 4.78 is 16.4. The van der Waals surface area contributed by atoms with Gasteiger partial charge >= 0.3 is 18.0 Å². The summed E-state index contributed by atoms with van der Waals surface area (Å²) in [6, 6.07) is -0.828. The first-order valence-corrected chi connectivity index (χ1v) is 9.18. The molecule has 0 bridgehead atoms. The summed E-state index contributed by atoms with van der Waals surface area (Å²) in [6.45, 7) is 19.9. The van der Waals surface area contributed by atoms with E-state index in [1.165, 1.54) is 20.8 Å². The number of rotatable bonds is 12. The Bertz CT molecular complexity index is 766. The largest absolute Gasteiger partial charge is 0.452 e. The third-order valence-electron chi connectivity index (χ3n) is 3.79. The van der Waals surface area contributed by atoms with Gasteiger partial charge in [0.05, 0.1) is 0 Å². The Morgan fingerprint density at radius 1 is 0.600 bits per heavy atom. The molecule has 0 aromatic carbocycles. The van der Waals surface area contributed by atoms with Crippen LogP contribution in [0, 0.1) is 0 Å². The number of hydrogen-bond donors (Lipinski definition) is 0. The van der Waals surface area contributed by atoms with Crippen molar-refractivity contribution in [3.05, 3.63) is 36.5 Å². The van der Waals surface area contributed by atoms with Crippen molar-refractivity contribution in [2.75, 3.05) is 0 Å². The Morgan fingerprint density at radius 3 is 0.967 bits per heavy atom. The quantitative estimate of drug-likeness (QED) is 0.473. The maximum atomic E-state index is 12.0. The van der Waals surface area contributed by atoms with Gasteiger partial charge in [0.1, 0.15) is 0 Å². The highest BCUT2D eigenvalue weighted by Crippen LogP contribution is 2.19. The van der Waals surface area contributed by atoms with Gasteiger partial charge in [0.15, 0.2) is 35.7 Å². The van der Waals surface area contributed by atoms with E-state index >= 15 is 0 Å². The first kappa shape index (κ1) is 24.7. The number of ketones is 3. The number of carbonyl (C=O) groups is 3. The van der Waals surface area contributed by atoms with Gasteiger partial charge < -0.3 is 14.2 Å². The molecule has 0 saturated carbocycles. The molecule has 30 heavy (non-hydrogen) atoms. The van der Waals surface area contributed by atoms with Crippen molar-refractivity contribution in [2.45, 2.75) is 59.9 Å². The molecule has 0 radical (unpaired) electrons. The molecule has 0 aliphatic carbocycles. The Balaban J connectivity index is 3.22. The van der Waals surface area contributed by atoms with Crippen LogP contribution in [0.3, 0.4) is 0 Å². The zero-order chi connectivity index (χ0) is 23.2. The number of carbonyl (C=O) groups excluding carboxylic acids is 3. The highest BCUT2D eigenvalue weighted by molar-refractivity contribution is 5.98. The monoisotopic (exact) mass is 417 g/mol. The highest BCUT2D eigenvalue weighted by atomic mass is 16.5. The maximum absolute atomic E-state index is 12.0. The lowest BCUT2D eigenvalue weighted by atomic mass is 10.1. The average Bonchev–Trinajstić information content (AvgIpc) is 2.65. The van der Waals surface area contributed by atoms with Crippen LogP contribution in [0.2, 0.25) is 0 Å². The molecule has 0 saturated heterocycles. The summed E-state index contributed by atoms with van der Waals surface area (Å²) in [5.41, 5.74) is 0.891. The number of hydrogen-bond acceptors (Lipinski definition) is 9. The molecule has 9 heteroatoms. The van der Waals surface area contributed by atoms with Gasteiger partial charge in [0.25, 0.3) is 0 Å². The molecule has 9 nitrogen and oxygen atoms in total. The molecule has 3 atom stereocenters. The van der Waals surface area contributed by atoms with E-state index in [1.54, 1.807) is 20.8 Å². The minimum atomic E-state index is -0.936. The summed E-state index contributed by atoms with van der Waals surface area (Å²) in [5, 5.41) is 0. The fourth-order valence-corrected chi connectivity index (χ4v) is 2.15. The Labute approximate surface area is 175 Å². The van der Waals surface area contributed by atoms with Crippen LogP contribution in [-0.4, -0.2) is 50.6 Å². The molecule has 1 rings (SSSR count). The van der Waals surface area contributed by atoms with E-state index in [1.807, 2.05) is 0 Å². The molecule has 3 unspecified atom stereocenters. The van der Waals surface area contributed by atoms with Crippen molar-refractivity contribution in [1.82, 2.24) is 15.0 Å². The van der Waals surface area contributed by atoms with Crippen LogP contribution in [0.15, 0.2) is 36.5 Å². The smallest absolute Gasteiger partial charge is 0.326 e.